The van der Waals surface area contributed by atoms with Gasteiger partial charge in [-0.3, -0.25) is 0 Å². The lowest BCUT2D eigenvalue weighted by molar-refractivity contribution is 0.0620. The summed E-state index contributed by atoms with van der Waals surface area (Å²) >= 11 is 0. The zero-order chi connectivity index (χ0) is 12.3. The summed E-state index contributed by atoms with van der Waals surface area (Å²) in [5, 5.41) is 0. The van der Waals surface area contributed by atoms with Gasteiger partial charge in [0.15, 0.2) is 0 Å². The van der Waals surface area contributed by atoms with E-state index in [1.54, 1.807) is 0 Å². The molecular weight excluding hydrogens is 220 g/mol. The van der Waals surface area contributed by atoms with E-state index in [1.165, 1.54) is 0 Å². The molecule has 0 aliphatic rings. The molecule has 0 bridgehead atoms. The van der Waals surface area contributed by atoms with Crippen LogP contribution in [-0.2, 0) is 13.3 Å². The van der Waals surface area contributed by atoms with Gasteiger partial charge in [0.1, 0.15) is 0 Å². The van der Waals surface area contributed by atoms with Crippen molar-refractivity contribution in [2.45, 2.75) is 46.1 Å². The average molecular weight is 246 g/mol. The highest BCUT2D eigenvalue weighted by atomic mass is 28.4. The number of hydrogen-bond acceptors (Lipinski definition) is 3. The first kappa shape index (κ1) is 15.8. The molecule has 96 valence electrons. The standard InChI is InChI=1S/C12H26O3Si/c1-5-9-13-16(12-8-4,14-10-6-2)15-11-7-3/h8H,4-7,9-12H2,1-3H3. The average Bonchev–Trinajstić information content (AvgIpc) is 2.31. The Kier molecular flexibility index (Phi) is 9.92. The van der Waals surface area contributed by atoms with E-state index in [-0.39, 0.29) is 0 Å². The Hall–Kier alpha value is -0.163. The summed E-state index contributed by atoms with van der Waals surface area (Å²) < 4.78 is 17.5. The molecule has 0 atom stereocenters. The van der Waals surface area contributed by atoms with Crippen LogP contribution < -0.4 is 0 Å². The van der Waals surface area contributed by atoms with Gasteiger partial charge in [-0.15, -0.1) is 6.58 Å². The number of allylic oxidation sites excluding steroid dienone is 1. The molecule has 16 heavy (non-hydrogen) atoms. The van der Waals surface area contributed by atoms with Crippen molar-refractivity contribution in [1.82, 2.24) is 0 Å². The van der Waals surface area contributed by atoms with E-state index in [0.29, 0.717) is 25.9 Å². The second-order valence-corrected chi connectivity index (χ2v) is 6.36. The second-order valence-electron chi connectivity index (χ2n) is 3.72. The van der Waals surface area contributed by atoms with Gasteiger partial charge < -0.3 is 13.3 Å². The minimum atomic E-state index is -2.48. The highest BCUT2D eigenvalue weighted by Gasteiger charge is 2.39. The minimum Gasteiger partial charge on any atom is -0.373 e. The zero-order valence-corrected chi connectivity index (χ0v) is 12.0. The number of rotatable bonds is 11. The third kappa shape index (κ3) is 6.43. The molecule has 0 heterocycles. The normalized spacial score (nSPS) is 11.7. The Morgan fingerprint density at radius 3 is 1.50 bits per heavy atom. The maximum atomic E-state index is 5.85. The molecule has 0 amide bonds. The van der Waals surface area contributed by atoms with Crippen molar-refractivity contribution >= 4 is 8.80 Å². The summed E-state index contributed by atoms with van der Waals surface area (Å²) in [6.45, 7) is 12.1. The van der Waals surface area contributed by atoms with Gasteiger partial charge >= 0.3 is 8.80 Å². The van der Waals surface area contributed by atoms with E-state index < -0.39 is 8.80 Å². The first-order chi connectivity index (χ1) is 7.74. The van der Waals surface area contributed by atoms with Crippen molar-refractivity contribution in [3.8, 4) is 0 Å². The quantitative estimate of drug-likeness (QED) is 0.413. The van der Waals surface area contributed by atoms with Gasteiger partial charge in [-0.1, -0.05) is 26.8 Å². The van der Waals surface area contributed by atoms with Crippen molar-refractivity contribution in [1.29, 1.82) is 0 Å². The molecule has 0 aromatic heterocycles. The molecule has 0 saturated carbocycles. The lowest BCUT2D eigenvalue weighted by Crippen LogP contribution is -2.46. The van der Waals surface area contributed by atoms with Gasteiger partial charge in [0.05, 0.1) is 0 Å². The van der Waals surface area contributed by atoms with Crippen LogP contribution in [0.1, 0.15) is 40.0 Å². The molecule has 0 aromatic carbocycles. The van der Waals surface area contributed by atoms with E-state index in [9.17, 15) is 0 Å². The smallest absolute Gasteiger partial charge is 0.373 e. The van der Waals surface area contributed by atoms with E-state index in [2.05, 4.69) is 27.4 Å². The topological polar surface area (TPSA) is 27.7 Å². The molecule has 0 N–H and O–H groups in total. The molecule has 0 fully saturated rings. The summed E-state index contributed by atoms with van der Waals surface area (Å²) in [6, 6.07) is 0.701. The Morgan fingerprint density at radius 2 is 1.25 bits per heavy atom. The lowest BCUT2D eigenvalue weighted by atomic mass is 10.5. The van der Waals surface area contributed by atoms with Gasteiger partial charge in [-0.05, 0) is 19.3 Å². The molecular formula is C12H26O3Si. The molecule has 0 aliphatic heterocycles. The molecule has 0 radical (unpaired) electrons. The Labute approximate surface area is 101 Å². The molecule has 0 unspecified atom stereocenters. The van der Waals surface area contributed by atoms with Crippen LogP contribution >= 0.6 is 0 Å². The summed E-state index contributed by atoms with van der Waals surface area (Å²) in [6.07, 6.45) is 4.79. The second kappa shape index (κ2) is 10.0. The van der Waals surface area contributed by atoms with E-state index in [1.807, 2.05) is 6.08 Å². The van der Waals surface area contributed by atoms with Crippen LogP contribution in [0.2, 0.25) is 6.04 Å². The van der Waals surface area contributed by atoms with Crippen molar-refractivity contribution in [3.63, 3.8) is 0 Å². The van der Waals surface area contributed by atoms with Gasteiger partial charge in [-0.25, -0.2) is 0 Å². The summed E-state index contributed by atoms with van der Waals surface area (Å²) in [5.41, 5.74) is 0. The largest absolute Gasteiger partial charge is 0.504 e. The van der Waals surface area contributed by atoms with Crippen molar-refractivity contribution in [3.05, 3.63) is 12.7 Å². The minimum absolute atomic E-state index is 0.701. The van der Waals surface area contributed by atoms with Crippen LogP contribution in [0.4, 0.5) is 0 Å². The summed E-state index contributed by atoms with van der Waals surface area (Å²) in [7, 11) is -2.48. The van der Waals surface area contributed by atoms with Crippen LogP contribution in [0, 0.1) is 0 Å². The van der Waals surface area contributed by atoms with Crippen molar-refractivity contribution in [2.24, 2.45) is 0 Å². The highest BCUT2D eigenvalue weighted by Crippen LogP contribution is 2.17. The highest BCUT2D eigenvalue weighted by molar-refractivity contribution is 6.61. The summed E-state index contributed by atoms with van der Waals surface area (Å²) in [4.78, 5) is 0. The van der Waals surface area contributed by atoms with Gasteiger partial charge in [0.25, 0.3) is 0 Å². The first-order valence-electron chi connectivity index (χ1n) is 6.27. The number of hydrogen-bond donors (Lipinski definition) is 0. The van der Waals surface area contributed by atoms with Gasteiger partial charge in [0.2, 0.25) is 0 Å². The maximum absolute atomic E-state index is 5.85. The van der Waals surface area contributed by atoms with Crippen LogP contribution in [0.25, 0.3) is 0 Å². The van der Waals surface area contributed by atoms with E-state index >= 15 is 0 Å². The molecule has 0 saturated heterocycles. The molecule has 0 aliphatic carbocycles. The Bertz CT molecular complexity index is 152. The van der Waals surface area contributed by atoms with Crippen LogP contribution in [-0.4, -0.2) is 28.6 Å². The molecule has 0 spiro atoms. The van der Waals surface area contributed by atoms with Crippen LogP contribution in [0.15, 0.2) is 12.7 Å². The fourth-order valence-electron chi connectivity index (χ4n) is 1.25. The molecule has 0 aromatic rings. The SMILES string of the molecule is C=CC[Si](OCCC)(OCCC)OCCC. The summed E-state index contributed by atoms with van der Waals surface area (Å²) in [5.74, 6) is 0. The fourth-order valence-corrected chi connectivity index (χ4v) is 3.75. The molecule has 3 nitrogen and oxygen atoms in total. The van der Waals surface area contributed by atoms with E-state index in [0.717, 1.165) is 19.3 Å². The monoisotopic (exact) mass is 246 g/mol. The third-order valence-corrected chi connectivity index (χ3v) is 4.69. The third-order valence-electron chi connectivity index (χ3n) is 1.97. The van der Waals surface area contributed by atoms with Crippen LogP contribution in [0.3, 0.4) is 0 Å². The van der Waals surface area contributed by atoms with Crippen molar-refractivity contribution in [2.75, 3.05) is 19.8 Å². The Balaban J connectivity index is 4.37. The predicted octanol–water partition coefficient (Wildman–Crippen LogP) is 3.39. The molecule has 4 heteroatoms. The maximum Gasteiger partial charge on any atom is 0.504 e. The first-order valence-corrected chi connectivity index (χ1v) is 8.20. The predicted molar refractivity (Wildman–Crippen MR) is 69.5 cm³/mol. The van der Waals surface area contributed by atoms with E-state index in [4.69, 9.17) is 13.3 Å². The van der Waals surface area contributed by atoms with Crippen molar-refractivity contribution < 1.29 is 13.3 Å². The van der Waals surface area contributed by atoms with Gasteiger partial charge in [-0.2, -0.15) is 0 Å². The van der Waals surface area contributed by atoms with Crippen LogP contribution in [0.5, 0.6) is 0 Å². The molecule has 0 rings (SSSR count). The Morgan fingerprint density at radius 1 is 0.875 bits per heavy atom. The van der Waals surface area contributed by atoms with Gasteiger partial charge in [0, 0.05) is 25.9 Å². The lowest BCUT2D eigenvalue weighted by Gasteiger charge is -2.28. The fraction of sp³-hybridized carbons (Fsp3) is 0.833. The zero-order valence-electron chi connectivity index (χ0n) is 11.0.